The molecule has 4 aliphatic rings. The lowest BCUT2D eigenvalue weighted by molar-refractivity contribution is -0.232. The lowest BCUT2D eigenvalue weighted by Crippen LogP contribution is -2.55. The van der Waals surface area contributed by atoms with Gasteiger partial charge < -0.3 is 9.84 Å². The van der Waals surface area contributed by atoms with Gasteiger partial charge in [0, 0.05) is 23.2 Å². The van der Waals surface area contributed by atoms with Crippen molar-refractivity contribution in [2.45, 2.75) is 84.5 Å². The van der Waals surface area contributed by atoms with Crippen molar-refractivity contribution in [2.24, 2.45) is 40.4 Å². The lowest BCUT2D eigenvalue weighted by atomic mass is 9.45. The van der Waals surface area contributed by atoms with Crippen molar-refractivity contribution >= 4 is 21.7 Å². The largest absolute Gasteiger partial charge is 0.365 e. The van der Waals surface area contributed by atoms with Gasteiger partial charge in [0.15, 0.2) is 5.79 Å². The van der Waals surface area contributed by atoms with Crippen LogP contribution in [-0.4, -0.2) is 16.7 Å². The third kappa shape index (κ3) is 4.32. The van der Waals surface area contributed by atoms with Crippen LogP contribution in [0.15, 0.2) is 53.0 Å². The minimum atomic E-state index is -1.11. The Morgan fingerprint density at radius 1 is 1.14 bits per heavy atom. The monoisotopic (exact) mass is 540 g/mol. The highest BCUT2D eigenvalue weighted by Crippen LogP contribution is 2.68. The van der Waals surface area contributed by atoms with Gasteiger partial charge in [0.1, 0.15) is 5.78 Å². The second kappa shape index (κ2) is 9.26. The normalized spacial score (nSPS) is 42.4. The van der Waals surface area contributed by atoms with E-state index in [0.29, 0.717) is 48.9 Å². The summed E-state index contributed by atoms with van der Waals surface area (Å²) >= 11 is 3.48. The number of aliphatic hydroxyl groups is 1. The molecule has 0 aromatic heterocycles. The predicted molar refractivity (Wildman–Crippen MR) is 143 cm³/mol. The van der Waals surface area contributed by atoms with E-state index in [2.05, 4.69) is 48.5 Å². The molecule has 3 saturated carbocycles. The number of ether oxygens (including phenoxy) is 1. The minimum Gasteiger partial charge on any atom is -0.365 e. The maximum absolute atomic E-state index is 12.5. The number of hydrogen-bond donors (Lipinski definition) is 1. The van der Waals surface area contributed by atoms with E-state index in [-0.39, 0.29) is 16.7 Å². The fourth-order valence-electron chi connectivity index (χ4n) is 8.79. The Balaban J connectivity index is 1.41. The van der Waals surface area contributed by atoms with Gasteiger partial charge in [-0.2, -0.15) is 0 Å². The second-order valence-electron chi connectivity index (χ2n) is 12.4. The smallest absolute Gasteiger partial charge is 0.169 e. The molecule has 1 aromatic rings. The first-order valence-electron chi connectivity index (χ1n) is 13.5. The number of allylic oxidation sites excluding steroid dienone is 2. The molecule has 35 heavy (non-hydrogen) atoms. The Kier molecular flexibility index (Phi) is 6.72. The Labute approximate surface area is 219 Å². The predicted octanol–water partition coefficient (Wildman–Crippen LogP) is 7.62. The molecule has 3 nitrogen and oxygen atoms in total. The molecule has 1 N–H and O–H groups in total. The number of benzene rings is 1. The van der Waals surface area contributed by atoms with E-state index in [0.717, 1.165) is 35.7 Å². The standard InChI is InChI=1S/C31H41BrO3/c1-5-6-22-17-23-18-31(34,35-19-21-7-9-24(32)10-8-21)16-15-29(23,3)27-13-14-30(4)25(20(2)33)11-12-26(30)28(22)27/h5,7-10,17,22,25-28,34H,1,6,11-16,18-19H2,2-4H3/t22?,25-,26+,27+,28+,29+,30-,31?/m1/s1. The summed E-state index contributed by atoms with van der Waals surface area (Å²) < 4.78 is 7.23. The van der Waals surface area contributed by atoms with E-state index in [9.17, 15) is 9.90 Å². The van der Waals surface area contributed by atoms with Gasteiger partial charge in [-0.3, -0.25) is 4.79 Å². The fraction of sp³-hybridized carbons (Fsp3) is 0.645. The Morgan fingerprint density at radius 3 is 2.57 bits per heavy atom. The summed E-state index contributed by atoms with van der Waals surface area (Å²) in [6, 6.07) is 8.11. The van der Waals surface area contributed by atoms with Crippen LogP contribution in [0, 0.1) is 40.4 Å². The number of carbonyl (C=O) groups excluding carboxylic acids is 1. The highest BCUT2D eigenvalue weighted by molar-refractivity contribution is 9.10. The summed E-state index contributed by atoms with van der Waals surface area (Å²) in [7, 11) is 0. The van der Waals surface area contributed by atoms with Gasteiger partial charge in [-0.05, 0) is 97.6 Å². The van der Waals surface area contributed by atoms with Gasteiger partial charge in [0.25, 0.3) is 0 Å². The van der Waals surface area contributed by atoms with Crippen molar-refractivity contribution in [1.82, 2.24) is 0 Å². The maximum atomic E-state index is 12.5. The number of ketones is 1. The average molecular weight is 542 g/mol. The van der Waals surface area contributed by atoms with Crippen LogP contribution in [0.4, 0.5) is 0 Å². The van der Waals surface area contributed by atoms with Gasteiger partial charge >= 0.3 is 0 Å². The Bertz CT molecular complexity index is 1010. The van der Waals surface area contributed by atoms with Crippen molar-refractivity contribution < 1.29 is 14.6 Å². The summed E-state index contributed by atoms with van der Waals surface area (Å²) in [5, 5.41) is 11.5. The molecule has 0 bridgehead atoms. The highest BCUT2D eigenvalue weighted by atomic mass is 79.9. The SMILES string of the molecule is C=CCC1C=C2CC(O)(OCc3ccc(Br)cc3)CC[C@]2(C)[C@H]2CC[C@]3(C)[C@@H](C(C)=O)CC[C@H]3[C@H]12. The summed E-state index contributed by atoms with van der Waals surface area (Å²) in [4.78, 5) is 12.5. The first-order chi connectivity index (χ1) is 16.6. The van der Waals surface area contributed by atoms with Gasteiger partial charge in [0.05, 0.1) is 6.61 Å². The Hall–Kier alpha value is -1.23. The number of Topliss-reactive ketones (excluding diaryl/α,β-unsaturated/α-hetero) is 1. The first-order valence-corrected chi connectivity index (χ1v) is 14.3. The Morgan fingerprint density at radius 2 is 1.89 bits per heavy atom. The van der Waals surface area contributed by atoms with Crippen molar-refractivity contribution in [3.05, 3.63) is 58.6 Å². The van der Waals surface area contributed by atoms with Gasteiger partial charge in [-0.1, -0.05) is 59.6 Å². The molecule has 0 radical (unpaired) electrons. The van der Waals surface area contributed by atoms with E-state index in [4.69, 9.17) is 4.74 Å². The summed E-state index contributed by atoms with van der Waals surface area (Å²) in [5.41, 5.74) is 2.70. The van der Waals surface area contributed by atoms with E-state index < -0.39 is 5.79 Å². The molecule has 2 unspecified atom stereocenters. The van der Waals surface area contributed by atoms with E-state index in [1.807, 2.05) is 31.2 Å². The molecule has 4 heteroatoms. The molecule has 0 saturated heterocycles. The average Bonchev–Trinajstić information content (AvgIpc) is 3.17. The molecule has 1 aromatic carbocycles. The fourth-order valence-corrected chi connectivity index (χ4v) is 9.05. The molecule has 5 rings (SSSR count). The summed E-state index contributed by atoms with van der Waals surface area (Å²) in [6.45, 7) is 11.2. The van der Waals surface area contributed by atoms with Crippen molar-refractivity contribution in [3.8, 4) is 0 Å². The van der Waals surface area contributed by atoms with Gasteiger partial charge in [-0.15, -0.1) is 6.58 Å². The van der Waals surface area contributed by atoms with E-state index >= 15 is 0 Å². The molecule has 0 heterocycles. The van der Waals surface area contributed by atoms with Crippen LogP contribution >= 0.6 is 15.9 Å². The zero-order chi connectivity index (χ0) is 25.0. The molecule has 4 aliphatic carbocycles. The van der Waals surface area contributed by atoms with Gasteiger partial charge in [0.2, 0.25) is 0 Å². The molecule has 0 amide bonds. The van der Waals surface area contributed by atoms with Crippen LogP contribution in [0.5, 0.6) is 0 Å². The zero-order valence-electron chi connectivity index (χ0n) is 21.6. The quantitative estimate of drug-likeness (QED) is 0.298. The third-order valence-corrected chi connectivity index (χ3v) is 11.2. The molecular formula is C31H41BrO3. The first kappa shape index (κ1) is 25.4. The summed E-state index contributed by atoms with van der Waals surface area (Å²) in [5.74, 6) is 1.73. The van der Waals surface area contributed by atoms with Crippen LogP contribution in [0.3, 0.4) is 0 Å². The highest BCUT2D eigenvalue weighted by Gasteiger charge is 2.62. The second-order valence-corrected chi connectivity index (χ2v) is 13.3. The lowest BCUT2D eigenvalue weighted by Gasteiger charge is -2.60. The minimum absolute atomic E-state index is 0.102. The number of carbonyl (C=O) groups is 1. The van der Waals surface area contributed by atoms with Crippen LogP contribution in [0.2, 0.25) is 0 Å². The number of fused-ring (bicyclic) bond motifs is 5. The van der Waals surface area contributed by atoms with E-state index in [1.165, 1.54) is 18.4 Å². The van der Waals surface area contributed by atoms with Crippen LogP contribution in [0.1, 0.15) is 77.7 Å². The van der Waals surface area contributed by atoms with Crippen LogP contribution in [0.25, 0.3) is 0 Å². The molecule has 190 valence electrons. The van der Waals surface area contributed by atoms with Crippen LogP contribution in [-0.2, 0) is 16.1 Å². The van der Waals surface area contributed by atoms with Crippen molar-refractivity contribution in [2.75, 3.05) is 0 Å². The number of rotatable bonds is 6. The van der Waals surface area contributed by atoms with Crippen molar-refractivity contribution in [1.29, 1.82) is 0 Å². The number of halogens is 1. The maximum Gasteiger partial charge on any atom is 0.169 e. The molecular weight excluding hydrogens is 500 g/mol. The zero-order valence-corrected chi connectivity index (χ0v) is 23.1. The topological polar surface area (TPSA) is 46.5 Å². The third-order valence-electron chi connectivity index (χ3n) is 10.6. The molecule has 0 spiro atoms. The molecule has 8 atom stereocenters. The van der Waals surface area contributed by atoms with Crippen LogP contribution < -0.4 is 0 Å². The molecule has 0 aliphatic heterocycles. The van der Waals surface area contributed by atoms with Gasteiger partial charge in [-0.25, -0.2) is 0 Å². The van der Waals surface area contributed by atoms with Crippen molar-refractivity contribution in [3.63, 3.8) is 0 Å². The summed E-state index contributed by atoms with van der Waals surface area (Å²) in [6.07, 6.45) is 12.3. The van der Waals surface area contributed by atoms with E-state index in [1.54, 1.807) is 0 Å². The molecule has 3 fully saturated rings. The number of hydrogen-bond acceptors (Lipinski definition) is 3.